The van der Waals surface area contributed by atoms with Crippen LogP contribution < -0.4 is 5.73 Å². The van der Waals surface area contributed by atoms with Crippen molar-refractivity contribution in [2.24, 2.45) is 5.73 Å². The summed E-state index contributed by atoms with van der Waals surface area (Å²) >= 11 is 0. The predicted octanol–water partition coefficient (Wildman–Crippen LogP) is 1.36. The molecular formula is C13H18N2O. The summed E-state index contributed by atoms with van der Waals surface area (Å²) in [6.45, 7) is 5.58. The number of benzene rings is 1. The first kappa shape index (κ1) is 11.1. The number of rotatable bonds is 2. The molecule has 1 saturated heterocycles. The smallest absolute Gasteiger partial charge is 0.224 e. The molecule has 0 aliphatic carbocycles. The van der Waals surface area contributed by atoms with Gasteiger partial charge < -0.3 is 10.6 Å². The standard InChI is InChI=1S/C13H18N2O/c1-9-4-3-5-11(10(9)2)7-15-8-12(14)6-13(15)16/h3-5,12H,6-8,14H2,1-2H3. The minimum Gasteiger partial charge on any atom is -0.337 e. The maximum absolute atomic E-state index is 11.6. The third-order valence-corrected chi connectivity index (χ3v) is 3.32. The Labute approximate surface area is 96.2 Å². The van der Waals surface area contributed by atoms with E-state index < -0.39 is 0 Å². The van der Waals surface area contributed by atoms with E-state index in [1.54, 1.807) is 0 Å². The van der Waals surface area contributed by atoms with E-state index in [0.717, 1.165) is 0 Å². The predicted molar refractivity (Wildman–Crippen MR) is 63.9 cm³/mol. The van der Waals surface area contributed by atoms with Crippen molar-refractivity contribution in [2.75, 3.05) is 6.54 Å². The lowest BCUT2D eigenvalue weighted by Crippen LogP contribution is -2.28. The Hall–Kier alpha value is -1.35. The van der Waals surface area contributed by atoms with Crippen LogP contribution >= 0.6 is 0 Å². The summed E-state index contributed by atoms with van der Waals surface area (Å²) in [6, 6.07) is 6.23. The Morgan fingerprint density at radius 2 is 2.19 bits per heavy atom. The molecule has 1 aromatic carbocycles. The van der Waals surface area contributed by atoms with Gasteiger partial charge >= 0.3 is 0 Å². The van der Waals surface area contributed by atoms with Gasteiger partial charge in [-0.2, -0.15) is 0 Å². The average Bonchev–Trinajstić information content (AvgIpc) is 2.53. The third-order valence-electron chi connectivity index (χ3n) is 3.32. The number of carbonyl (C=O) groups excluding carboxylic acids is 1. The van der Waals surface area contributed by atoms with Crippen molar-refractivity contribution in [3.8, 4) is 0 Å². The Morgan fingerprint density at radius 1 is 1.44 bits per heavy atom. The van der Waals surface area contributed by atoms with Crippen molar-refractivity contribution in [1.29, 1.82) is 0 Å². The molecule has 0 aromatic heterocycles. The molecule has 1 heterocycles. The SMILES string of the molecule is Cc1cccc(CN2CC(N)CC2=O)c1C. The van der Waals surface area contributed by atoms with Crippen LogP contribution in [-0.2, 0) is 11.3 Å². The topological polar surface area (TPSA) is 46.3 Å². The lowest BCUT2D eigenvalue weighted by atomic mass is 10.0. The van der Waals surface area contributed by atoms with Gasteiger partial charge in [0, 0.05) is 25.6 Å². The minimum absolute atomic E-state index is 0.0117. The maximum atomic E-state index is 11.6. The number of hydrogen-bond donors (Lipinski definition) is 1. The number of nitrogens with two attached hydrogens (primary N) is 1. The summed E-state index contributed by atoms with van der Waals surface area (Å²) in [7, 11) is 0. The van der Waals surface area contributed by atoms with Gasteiger partial charge in [-0.25, -0.2) is 0 Å². The summed E-state index contributed by atoms with van der Waals surface area (Å²) in [5, 5.41) is 0. The van der Waals surface area contributed by atoms with Crippen molar-refractivity contribution in [2.45, 2.75) is 32.9 Å². The summed E-state index contributed by atoms with van der Waals surface area (Å²) in [5.41, 5.74) is 9.54. The van der Waals surface area contributed by atoms with Gasteiger partial charge in [0.2, 0.25) is 5.91 Å². The largest absolute Gasteiger partial charge is 0.337 e. The van der Waals surface area contributed by atoms with Crippen LogP contribution in [-0.4, -0.2) is 23.4 Å². The van der Waals surface area contributed by atoms with Gasteiger partial charge in [0.15, 0.2) is 0 Å². The molecule has 1 aromatic rings. The van der Waals surface area contributed by atoms with Gasteiger partial charge in [-0.3, -0.25) is 4.79 Å². The zero-order valence-electron chi connectivity index (χ0n) is 9.86. The van der Waals surface area contributed by atoms with Crippen LogP contribution in [0, 0.1) is 13.8 Å². The minimum atomic E-state index is 0.0117. The Kier molecular flexibility index (Phi) is 2.97. The molecule has 0 spiro atoms. The molecule has 16 heavy (non-hydrogen) atoms. The second-order valence-electron chi connectivity index (χ2n) is 4.60. The van der Waals surface area contributed by atoms with E-state index in [1.165, 1.54) is 16.7 Å². The molecule has 1 aliphatic rings. The van der Waals surface area contributed by atoms with Crippen LogP contribution in [0.1, 0.15) is 23.1 Å². The van der Waals surface area contributed by atoms with E-state index in [0.29, 0.717) is 19.5 Å². The molecule has 86 valence electrons. The summed E-state index contributed by atoms with van der Waals surface area (Å²) < 4.78 is 0. The van der Waals surface area contributed by atoms with Gasteiger partial charge in [-0.15, -0.1) is 0 Å². The highest BCUT2D eigenvalue weighted by Gasteiger charge is 2.26. The highest BCUT2D eigenvalue weighted by atomic mass is 16.2. The van der Waals surface area contributed by atoms with E-state index >= 15 is 0 Å². The zero-order chi connectivity index (χ0) is 11.7. The molecule has 1 fully saturated rings. The first-order valence-electron chi connectivity index (χ1n) is 5.66. The number of hydrogen-bond acceptors (Lipinski definition) is 2. The molecule has 1 amide bonds. The number of amides is 1. The van der Waals surface area contributed by atoms with Gasteiger partial charge in [-0.05, 0) is 30.5 Å². The number of nitrogens with zero attached hydrogens (tertiary/aromatic N) is 1. The van der Waals surface area contributed by atoms with Crippen LogP contribution in [0.4, 0.5) is 0 Å². The van der Waals surface area contributed by atoms with Gasteiger partial charge in [0.25, 0.3) is 0 Å². The first-order chi connectivity index (χ1) is 7.58. The second kappa shape index (κ2) is 4.26. The van der Waals surface area contributed by atoms with Crippen LogP contribution in [0.25, 0.3) is 0 Å². The molecule has 0 radical (unpaired) electrons. The van der Waals surface area contributed by atoms with Gasteiger partial charge in [-0.1, -0.05) is 18.2 Å². The van der Waals surface area contributed by atoms with E-state index in [1.807, 2.05) is 11.0 Å². The maximum Gasteiger partial charge on any atom is 0.224 e. The van der Waals surface area contributed by atoms with Crippen molar-refractivity contribution < 1.29 is 4.79 Å². The Balaban J connectivity index is 2.15. The Morgan fingerprint density at radius 3 is 2.81 bits per heavy atom. The summed E-state index contributed by atoms with van der Waals surface area (Å²) in [6.07, 6.45) is 0.491. The number of likely N-dealkylation sites (tertiary alicyclic amines) is 1. The lowest BCUT2D eigenvalue weighted by Gasteiger charge is -2.18. The quantitative estimate of drug-likeness (QED) is 0.814. The molecular weight excluding hydrogens is 200 g/mol. The molecule has 1 atom stereocenters. The second-order valence-corrected chi connectivity index (χ2v) is 4.60. The fourth-order valence-electron chi connectivity index (χ4n) is 2.14. The van der Waals surface area contributed by atoms with Crippen LogP contribution in [0.2, 0.25) is 0 Å². The lowest BCUT2D eigenvalue weighted by molar-refractivity contribution is -0.128. The van der Waals surface area contributed by atoms with Crippen molar-refractivity contribution >= 4 is 5.91 Å². The molecule has 2 rings (SSSR count). The van der Waals surface area contributed by atoms with Crippen molar-refractivity contribution in [3.63, 3.8) is 0 Å². The highest BCUT2D eigenvalue weighted by molar-refractivity contribution is 5.79. The van der Waals surface area contributed by atoms with Crippen LogP contribution in [0.5, 0.6) is 0 Å². The molecule has 0 saturated carbocycles. The molecule has 3 heteroatoms. The number of carbonyl (C=O) groups is 1. The molecule has 1 aliphatic heterocycles. The van der Waals surface area contributed by atoms with Gasteiger partial charge in [0.05, 0.1) is 0 Å². The Bertz CT molecular complexity index is 414. The van der Waals surface area contributed by atoms with E-state index in [-0.39, 0.29) is 11.9 Å². The monoisotopic (exact) mass is 218 g/mol. The number of aryl methyl sites for hydroxylation is 1. The highest BCUT2D eigenvalue weighted by Crippen LogP contribution is 2.18. The van der Waals surface area contributed by atoms with E-state index in [4.69, 9.17) is 5.73 Å². The fraction of sp³-hybridized carbons (Fsp3) is 0.462. The molecule has 1 unspecified atom stereocenters. The summed E-state index contributed by atoms with van der Waals surface area (Å²) in [5.74, 6) is 0.174. The van der Waals surface area contributed by atoms with Crippen molar-refractivity contribution in [3.05, 3.63) is 34.9 Å². The molecule has 3 nitrogen and oxygen atoms in total. The van der Waals surface area contributed by atoms with Crippen LogP contribution in [0.15, 0.2) is 18.2 Å². The van der Waals surface area contributed by atoms with Gasteiger partial charge in [0.1, 0.15) is 0 Å². The fourth-order valence-corrected chi connectivity index (χ4v) is 2.14. The van der Waals surface area contributed by atoms with Crippen LogP contribution in [0.3, 0.4) is 0 Å². The zero-order valence-corrected chi connectivity index (χ0v) is 9.86. The molecule has 0 bridgehead atoms. The molecule has 2 N–H and O–H groups in total. The van der Waals surface area contributed by atoms with E-state index in [9.17, 15) is 4.79 Å². The average molecular weight is 218 g/mol. The normalized spacial score (nSPS) is 20.6. The first-order valence-corrected chi connectivity index (χ1v) is 5.66. The van der Waals surface area contributed by atoms with Crippen molar-refractivity contribution in [1.82, 2.24) is 4.90 Å². The van der Waals surface area contributed by atoms with E-state index in [2.05, 4.69) is 26.0 Å². The third kappa shape index (κ3) is 2.09. The summed E-state index contributed by atoms with van der Waals surface area (Å²) in [4.78, 5) is 13.5.